The van der Waals surface area contributed by atoms with E-state index in [9.17, 15) is 0 Å². The van der Waals surface area contributed by atoms with Crippen LogP contribution in [0.15, 0.2) is 12.3 Å². The highest BCUT2D eigenvalue weighted by Crippen LogP contribution is 2.33. The average Bonchev–Trinajstić information content (AvgIpc) is 3.04. The van der Waals surface area contributed by atoms with Crippen LogP contribution in [-0.4, -0.2) is 55.1 Å². The van der Waals surface area contributed by atoms with E-state index in [0.29, 0.717) is 0 Å². The normalized spacial score (nSPS) is 25.3. The largest absolute Gasteiger partial charge is 0.356 e. The van der Waals surface area contributed by atoms with E-state index in [1.807, 2.05) is 12.3 Å². The number of anilines is 2. The number of hydrogen-bond acceptors (Lipinski definition) is 6. The van der Waals surface area contributed by atoms with Crippen molar-refractivity contribution in [3.63, 3.8) is 0 Å². The second-order valence-electron chi connectivity index (χ2n) is 6.98. The number of aromatic nitrogens is 2. The van der Waals surface area contributed by atoms with E-state index in [2.05, 4.69) is 21.7 Å². The molecule has 0 radical (unpaired) electrons. The molecule has 1 spiro atoms. The van der Waals surface area contributed by atoms with Crippen molar-refractivity contribution < 1.29 is 9.47 Å². The van der Waals surface area contributed by atoms with Crippen LogP contribution < -0.4 is 9.80 Å². The summed E-state index contributed by atoms with van der Waals surface area (Å²) in [4.78, 5) is 14.0. The Morgan fingerprint density at radius 3 is 2.43 bits per heavy atom. The smallest absolute Gasteiger partial charge is 0.227 e. The van der Waals surface area contributed by atoms with Crippen molar-refractivity contribution >= 4 is 11.8 Å². The maximum atomic E-state index is 5.80. The van der Waals surface area contributed by atoms with Crippen molar-refractivity contribution in [1.82, 2.24) is 9.97 Å². The number of hydrogen-bond donors (Lipinski definition) is 0. The first-order valence-electron chi connectivity index (χ1n) is 8.85. The van der Waals surface area contributed by atoms with Crippen LogP contribution in [0.1, 0.15) is 32.6 Å². The molecule has 4 heterocycles. The average molecular weight is 318 g/mol. The van der Waals surface area contributed by atoms with Crippen molar-refractivity contribution in [3.05, 3.63) is 12.3 Å². The lowest BCUT2D eigenvalue weighted by Gasteiger charge is -2.38. The van der Waals surface area contributed by atoms with Gasteiger partial charge in [-0.25, -0.2) is 4.98 Å². The highest BCUT2D eigenvalue weighted by atomic mass is 16.7. The zero-order chi connectivity index (χ0) is 15.7. The summed E-state index contributed by atoms with van der Waals surface area (Å²) >= 11 is 0. The van der Waals surface area contributed by atoms with Crippen LogP contribution in [0, 0.1) is 5.92 Å². The molecule has 0 bridgehead atoms. The molecule has 6 nitrogen and oxygen atoms in total. The molecule has 3 aliphatic rings. The molecule has 3 saturated heterocycles. The quantitative estimate of drug-likeness (QED) is 0.832. The minimum atomic E-state index is -0.324. The third-order valence-electron chi connectivity index (χ3n) is 5.36. The maximum absolute atomic E-state index is 5.80. The zero-order valence-electron chi connectivity index (χ0n) is 13.9. The zero-order valence-corrected chi connectivity index (χ0v) is 13.9. The first kappa shape index (κ1) is 15.1. The van der Waals surface area contributed by atoms with Crippen molar-refractivity contribution in [2.24, 2.45) is 5.92 Å². The van der Waals surface area contributed by atoms with Gasteiger partial charge in [0.05, 0.1) is 13.2 Å². The van der Waals surface area contributed by atoms with E-state index in [0.717, 1.165) is 69.9 Å². The van der Waals surface area contributed by atoms with Gasteiger partial charge < -0.3 is 19.3 Å². The van der Waals surface area contributed by atoms with Gasteiger partial charge in [0.25, 0.3) is 0 Å². The summed E-state index contributed by atoms with van der Waals surface area (Å²) in [7, 11) is 0. The van der Waals surface area contributed by atoms with Gasteiger partial charge in [0.15, 0.2) is 5.79 Å². The monoisotopic (exact) mass is 318 g/mol. The van der Waals surface area contributed by atoms with Crippen LogP contribution >= 0.6 is 0 Å². The molecule has 0 aliphatic carbocycles. The van der Waals surface area contributed by atoms with Gasteiger partial charge in [0, 0.05) is 45.2 Å². The summed E-state index contributed by atoms with van der Waals surface area (Å²) < 4.78 is 11.6. The Kier molecular flexibility index (Phi) is 4.11. The second kappa shape index (κ2) is 6.24. The number of piperidine rings is 2. The minimum Gasteiger partial charge on any atom is -0.356 e. The van der Waals surface area contributed by atoms with Gasteiger partial charge >= 0.3 is 0 Å². The predicted octanol–water partition coefficient (Wildman–Crippen LogP) is 2.06. The Bertz CT molecular complexity index is 529. The molecule has 0 atom stereocenters. The van der Waals surface area contributed by atoms with Gasteiger partial charge in [-0.2, -0.15) is 4.98 Å². The highest BCUT2D eigenvalue weighted by Gasteiger charge is 2.40. The Morgan fingerprint density at radius 2 is 1.74 bits per heavy atom. The minimum absolute atomic E-state index is 0.324. The summed E-state index contributed by atoms with van der Waals surface area (Å²) in [6.07, 6.45) is 6.17. The van der Waals surface area contributed by atoms with Crippen LogP contribution in [0.2, 0.25) is 0 Å². The van der Waals surface area contributed by atoms with Crippen LogP contribution in [0.25, 0.3) is 0 Å². The fraction of sp³-hybridized carbons (Fsp3) is 0.765. The van der Waals surface area contributed by atoms with E-state index in [-0.39, 0.29) is 5.79 Å². The van der Waals surface area contributed by atoms with Gasteiger partial charge in [-0.3, -0.25) is 0 Å². The molecule has 1 aromatic rings. The van der Waals surface area contributed by atoms with E-state index >= 15 is 0 Å². The summed E-state index contributed by atoms with van der Waals surface area (Å²) in [5.74, 6) is 2.40. The second-order valence-corrected chi connectivity index (χ2v) is 6.98. The van der Waals surface area contributed by atoms with E-state index < -0.39 is 0 Å². The molecular formula is C17H26N4O2. The lowest BCUT2D eigenvalue weighted by Crippen LogP contribution is -2.45. The number of nitrogens with zero attached hydrogens (tertiary/aromatic N) is 4. The van der Waals surface area contributed by atoms with Crippen LogP contribution in [-0.2, 0) is 9.47 Å². The molecule has 0 saturated carbocycles. The predicted molar refractivity (Wildman–Crippen MR) is 88.7 cm³/mol. The molecule has 0 N–H and O–H groups in total. The van der Waals surface area contributed by atoms with Crippen LogP contribution in [0.4, 0.5) is 11.8 Å². The summed E-state index contributed by atoms with van der Waals surface area (Å²) in [5.41, 5.74) is 0. The van der Waals surface area contributed by atoms with Gasteiger partial charge in [-0.05, 0) is 24.8 Å². The Balaban J connectivity index is 1.42. The third kappa shape index (κ3) is 3.15. The van der Waals surface area contributed by atoms with Gasteiger partial charge in [-0.15, -0.1) is 0 Å². The fourth-order valence-corrected chi connectivity index (χ4v) is 3.74. The van der Waals surface area contributed by atoms with Crippen molar-refractivity contribution in [2.75, 3.05) is 49.2 Å². The third-order valence-corrected chi connectivity index (χ3v) is 5.36. The molecule has 23 heavy (non-hydrogen) atoms. The molecule has 4 rings (SSSR count). The molecule has 0 aromatic carbocycles. The van der Waals surface area contributed by atoms with Crippen molar-refractivity contribution in [1.29, 1.82) is 0 Å². The molecule has 0 amide bonds. The summed E-state index contributed by atoms with van der Waals surface area (Å²) in [5, 5.41) is 0. The number of rotatable bonds is 2. The lowest BCUT2D eigenvalue weighted by molar-refractivity contribution is -0.169. The Labute approximate surface area is 137 Å². The standard InChI is InChI=1S/C17H26N4O2/c1-14-3-8-21(9-4-14)16-18-7-2-15(19-16)20-10-5-17(6-11-20)22-12-13-23-17/h2,7,14H,3-6,8-13H2,1H3. The maximum Gasteiger partial charge on any atom is 0.227 e. The van der Waals surface area contributed by atoms with Gasteiger partial charge in [0.2, 0.25) is 5.95 Å². The molecule has 1 aromatic heterocycles. The van der Waals surface area contributed by atoms with E-state index in [4.69, 9.17) is 14.5 Å². The van der Waals surface area contributed by atoms with Crippen LogP contribution in [0.5, 0.6) is 0 Å². The topological polar surface area (TPSA) is 50.7 Å². The molecule has 126 valence electrons. The van der Waals surface area contributed by atoms with Crippen LogP contribution in [0.3, 0.4) is 0 Å². The van der Waals surface area contributed by atoms with Crippen molar-refractivity contribution in [3.8, 4) is 0 Å². The molecule has 3 fully saturated rings. The van der Waals surface area contributed by atoms with Gasteiger partial charge in [-0.1, -0.05) is 6.92 Å². The number of ether oxygens (including phenoxy) is 2. The first-order valence-corrected chi connectivity index (χ1v) is 8.85. The van der Waals surface area contributed by atoms with Gasteiger partial charge in [0.1, 0.15) is 5.82 Å². The first-order chi connectivity index (χ1) is 11.2. The SMILES string of the molecule is CC1CCN(c2nccc(N3CCC4(CC3)OCCO4)n2)CC1. The Morgan fingerprint density at radius 1 is 1.04 bits per heavy atom. The van der Waals surface area contributed by atoms with E-state index in [1.165, 1.54) is 12.8 Å². The molecule has 6 heteroatoms. The summed E-state index contributed by atoms with van der Waals surface area (Å²) in [6, 6.07) is 2.02. The fourth-order valence-electron chi connectivity index (χ4n) is 3.74. The van der Waals surface area contributed by atoms with Crippen molar-refractivity contribution in [2.45, 2.75) is 38.4 Å². The summed E-state index contributed by atoms with van der Waals surface area (Å²) in [6.45, 7) is 7.76. The molecule has 0 unspecified atom stereocenters. The molecule has 3 aliphatic heterocycles. The molecular weight excluding hydrogens is 292 g/mol. The lowest BCUT2D eigenvalue weighted by atomic mass is 10.00. The van der Waals surface area contributed by atoms with E-state index in [1.54, 1.807) is 0 Å². The highest BCUT2D eigenvalue weighted by molar-refractivity contribution is 5.44. The Hall–Kier alpha value is -1.40.